The fourth-order valence-electron chi connectivity index (χ4n) is 2.99. The molecule has 2 aromatic rings. The molecule has 144 valence electrons. The predicted molar refractivity (Wildman–Crippen MR) is 105 cm³/mol. The lowest BCUT2D eigenvalue weighted by atomic mass is 10.2. The number of carbonyl (C=O) groups excluding carboxylic acids is 1. The predicted octanol–water partition coefficient (Wildman–Crippen LogP) is 2.95. The largest absolute Gasteiger partial charge is 0.472 e. The van der Waals surface area contributed by atoms with Gasteiger partial charge in [-0.2, -0.15) is 4.31 Å². The van der Waals surface area contributed by atoms with Gasteiger partial charge in [-0.3, -0.25) is 4.79 Å². The summed E-state index contributed by atoms with van der Waals surface area (Å²) < 4.78 is 34.0. The Morgan fingerprint density at radius 3 is 2.81 bits per heavy atom. The van der Waals surface area contributed by atoms with Gasteiger partial charge in [0.25, 0.3) is 0 Å². The average Bonchev–Trinajstić information content (AvgIpc) is 3.06. The number of sulfonamides is 1. The number of aryl methyl sites for hydroxylation is 1. The minimum atomic E-state index is -3.64. The van der Waals surface area contributed by atoms with Crippen LogP contribution in [0.1, 0.15) is 18.9 Å². The molecule has 1 amide bonds. The van der Waals surface area contributed by atoms with Crippen molar-refractivity contribution in [1.82, 2.24) is 9.29 Å². The molecule has 1 fully saturated rings. The summed E-state index contributed by atoms with van der Waals surface area (Å²) in [6, 6.07) is 8.39. The van der Waals surface area contributed by atoms with E-state index in [1.807, 2.05) is 6.07 Å². The molecule has 0 saturated carbocycles. The van der Waals surface area contributed by atoms with Crippen LogP contribution in [-0.4, -0.2) is 42.8 Å². The molecule has 1 saturated heterocycles. The molecule has 1 aromatic heterocycles. The van der Waals surface area contributed by atoms with Crippen LogP contribution in [0.2, 0.25) is 0 Å². The van der Waals surface area contributed by atoms with Crippen LogP contribution >= 0.6 is 15.9 Å². The number of nitrogens with zero attached hydrogens (tertiary/aromatic N) is 2. The van der Waals surface area contributed by atoms with Gasteiger partial charge in [-0.1, -0.05) is 0 Å². The number of pyridine rings is 1. The van der Waals surface area contributed by atoms with E-state index in [0.29, 0.717) is 30.1 Å². The second-order valence-electron chi connectivity index (χ2n) is 6.34. The Morgan fingerprint density at radius 2 is 2.15 bits per heavy atom. The Morgan fingerprint density at radius 1 is 1.37 bits per heavy atom. The molecule has 1 aliphatic heterocycles. The fraction of sp³-hybridized carbons (Fsp3) is 0.333. The van der Waals surface area contributed by atoms with Crippen molar-refractivity contribution >= 4 is 37.5 Å². The zero-order chi connectivity index (χ0) is 19.6. The monoisotopic (exact) mass is 453 g/mol. The first-order valence-corrected chi connectivity index (χ1v) is 10.7. The van der Waals surface area contributed by atoms with Crippen molar-refractivity contribution in [2.45, 2.75) is 31.3 Å². The topological polar surface area (TPSA) is 88.6 Å². The quantitative estimate of drug-likeness (QED) is 0.751. The zero-order valence-electron chi connectivity index (χ0n) is 15.0. The van der Waals surface area contributed by atoms with Crippen molar-refractivity contribution in [2.24, 2.45) is 0 Å². The fourth-order valence-corrected chi connectivity index (χ4v) is 5.03. The first-order chi connectivity index (χ1) is 12.8. The van der Waals surface area contributed by atoms with Crippen LogP contribution in [-0.2, 0) is 14.8 Å². The van der Waals surface area contributed by atoms with Gasteiger partial charge in [0.05, 0.1) is 15.9 Å². The van der Waals surface area contributed by atoms with E-state index in [1.165, 1.54) is 17.3 Å². The molecule has 1 atom stereocenters. The number of aromatic nitrogens is 1. The van der Waals surface area contributed by atoms with Gasteiger partial charge in [-0.05, 0) is 65.2 Å². The lowest BCUT2D eigenvalue weighted by Gasteiger charge is -2.19. The van der Waals surface area contributed by atoms with Crippen LogP contribution < -0.4 is 10.1 Å². The van der Waals surface area contributed by atoms with E-state index in [4.69, 9.17) is 4.74 Å². The number of amides is 1. The van der Waals surface area contributed by atoms with E-state index in [0.717, 1.165) is 4.47 Å². The number of carbonyl (C=O) groups is 1. The molecule has 1 N–H and O–H groups in total. The second-order valence-corrected chi connectivity index (χ2v) is 9.10. The number of ether oxygens (including phenoxy) is 1. The van der Waals surface area contributed by atoms with Crippen LogP contribution in [0.25, 0.3) is 0 Å². The summed E-state index contributed by atoms with van der Waals surface area (Å²) in [5, 5.41) is 2.65. The summed E-state index contributed by atoms with van der Waals surface area (Å²) in [5.74, 6) is 0.253. The number of anilines is 1. The Kier molecular flexibility index (Phi) is 5.83. The van der Waals surface area contributed by atoms with E-state index >= 15 is 0 Å². The number of benzene rings is 1. The molecule has 1 unspecified atom stereocenters. The van der Waals surface area contributed by atoms with Crippen LogP contribution in [0.3, 0.4) is 0 Å². The van der Waals surface area contributed by atoms with E-state index in [-0.39, 0.29) is 23.5 Å². The van der Waals surface area contributed by atoms with Gasteiger partial charge in [-0.25, -0.2) is 13.4 Å². The third-order valence-electron chi connectivity index (χ3n) is 4.22. The Bertz CT molecular complexity index is 965. The van der Waals surface area contributed by atoms with Gasteiger partial charge in [-0.15, -0.1) is 0 Å². The lowest BCUT2D eigenvalue weighted by molar-refractivity contribution is -0.114. The van der Waals surface area contributed by atoms with E-state index in [2.05, 4.69) is 26.2 Å². The van der Waals surface area contributed by atoms with Crippen molar-refractivity contribution in [1.29, 1.82) is 0 Å². The third-order valence-corrected chi connectivity index (χ3v) is 6.85. The second kappa shape index (κ2) is 7.95. The van der Waals surface area contributed by atoms with E-state index in [1.54, 1.807) is 31.3 Å². The van der Waals surface area contributed by atoms with Crippen molar-refractivity contribution in [2.75, 3.05) is 18.4 Å². The standard InChI is InChI=1S/C18H20BrN3O4S/c1-12-10-14(21-13(2)23)5-6-17(12)27(24,25)22-9-7-15(11-22)26-18-16(19)4-3-8-20-18/h3-6,8,10,15H,7,9,11H2,1-2H3,(H,21,23). The summed E-state index contributed by atoms with van der Waals surface area (Å²) in [5.41, 5.74) is 1.15. The van der Waals surface area contributed by atoms with Gasteiger partial charge in [0.2, 0.25) is 21.8 Å². The van der Waals surface area contributed by atoms with Crippen LogP contribution in [0.5, 0.6) is 5.88 Å². The molecule has 1 aliphatic rings. The molecular weight excluding hydrogens is 434 g/mol. The first kappa shape index (κ1) is 19.8. The SMILES string of the molecule is CC(=O)Nc1ccc(S(=O)(=O)N2CCC(Oc3ncccc3Br)C2)c(C)c1. The highest BCUT2D eigenvalue weighted by atomic mass is 79.9. The highest BCUT2D eigenvalue weighted by Gasteiger charge is 2.34. The molecular formula is C18H20BrN3O4S. The number of hydrogen-bond donors (Lipinski definition) is 1. The maximum atomic E-state index is 13.0. The van der Waals surface area contributed by atoms with E-state index in [9.17, 15) is 13.2 Å². The van der Waals surface area contributed by atoms with Crippen molar-refractivity contribution < 1.29 is 17.9 Å². The van der Waals surface area contributed by atoms with Crippen molar-refractivity contribution in [3.63, 3.8) is 0 Å². The molecule has 0 spiro atoms. The Labute approximate surface area is 166 Å². The highest BCUT2D eigenvalue weighted by molar-refractivity contribution is 9.10. The van der Waals surface area contributed by atoms with Crippen LogP contribution in [0.4, 0.5) is 5.69 Å². The Hall–Kier alpha value is -1.97. The molecule has 0 bridgehead atoms. The van der Waals surface area contributed by atoms with Crippen molar-refractivity contribution in [3.8, 4) is 5.88 Å². The minimum absolute atomic E-state index is 0.203. The van der Waals surface area contributed by atoms with E-state index < -0.39 is 10.0 Å². The number of rotatable bonds is 5. The summed E-state index contributed by atoms with van der Waals surface area (Å²) in [6.45, 7) is 3.76. The molecule has 0 aliphatic carbocycles. The maximum Gasteiger partial charge on any atom is 0.243 e. The molecule has 7 nitrogen and oxygen atoms in total. The zero-order valence-corrected chi connectivity index (χ0v) is 17.4. The lowest BCUT2D eigenvalue weighted by Crippen LogP contribution is -2.31. The molecule has 1 aromatic carbocycles. The minimum Gasteiger partial charge on any atom is -0.472 e. The van der Waals surface area contributed by atoms with Crippen LogP contribution in [0.15, 0.2) is 45.9 Å². The summed E-state index contributed by atoms with van der Waals surface area (Å²) in [7, 11) is -3.64. The normalized spacial score (nSPS) is 17.7. The number of nitrogens with one attached hydrogen (secondary N) is 1. The molecule has 9 heteroatoms. The Balaban J connectivity index is 1.74. The molecule has 2 heterocycles. The smallest absolute Gasteiger partial charge is 0.243 e. The van der Waals surface area contributed by atoms with Gasteiger partial charge >= 0.3 is 0 Å². The highest BCUT2D eigenvalue weighted by Crippen LogP contribution is 2.29. The average molecular weight is 454 g/mol. The molecule has 0 radical (unpaired) electrons. The van der Waals surface area contributed by atoms with Crippen LogP contribution in [0, 0.1) is 6.92 Å². The van der Waals surface area contributed by atoms with Gasteiger partial charge in [0.15, 0.2) is 0 Å². The molecule has 3 rings (SSSR count). The third kappa shape index (κ3) is 4.48. The summed E-state index contributed by atoms with van der Waals surface area (Å²) in [4.78, 5) is 15.6. The van der Waals surface area contributed by atoms with Gasteiger partial charge in [0.1, 0.15) is 6.10 Å². The number of hydrogen-bond acceptors (Lipinski definition) is 5. The molecule has 27 heavy (non-hydrogen) atoms. The van der Waals surface area contributed by atoms with Gasteiger partial charge < -0.3 is 10.1 Å². The first-order valence-electron chi connectivity index (χ1n) is 8.43. The maximum absolute atomic E-state index is 13.0. The van der Waals surface area contributed by atoms with Gasteiger partial charge in [0, 0.05) is 25.4 Å². The summed E-state index contributed by atoms with van der Waals surface area (Å²) in [6.07, 6.45) is 1.96. The summed E-state index contributed by atoms with van der Waals surface area (Å²) >= 11 is 3.38. The number of halogens is 1. The van der Waals surface area contributed by atoms with Crippen molar-refractivity contribution in [3.05, 3.63) is 46.6 Å².